The van der Waals surface area contributed by atoms with Crippen molar-refractivity contribution in [2.24, 2.45) is 11.3 Å². The van der Waals surface area contributed by atoms with Crippen molar-refractivity contribution in [3.8, 4) is 11.4 Å². The molecule has 3 aromatic rings. The van der Waals surface area contributed by atoms with Gasteiger partial charge in [-0.1, -0.05) is 44.5 Å². The van der Waals surface area contributed by atoms with E-state index >= 15 is 0 Å². The standard InChI is InChI=1S/C20H21ClN2OS/c1-20(2,3)11-8-9-13-15(10-11)25-19-16(13)18(24)22-17(23-19)12-6-4-5-7-14(12)21/h4-7,11H,8-10H2,1-3H3,(H,22,23,24). The summed E-state index contributed by atoms with van der Waals surface area (Å²) in [7, 11) is 0. The Hall–Kier alpha value is -1.65. The predicted molar refractivity (Wildman–Crippen MR) is 106 cm³/mol. The molecule has 1 aliphatic rings. The van der Waals surface area contributed by atoms with Gasteiger partial charge in [-0.25, -0.2) is 4.98 Å². The molecule has 0 fully saturated rings. The third-order valence-corrected chi connectivity index (χ3v) is 6.75. The van der Waals surface area contributed by atoms with Crippen LogP contribution in [0.5, 0.6) is 0 Å². The summed E-state index contributed by atoms with van der Waals surface area (Å²) >= 11 is 7.95. The minimum absolute atomic E-state index is 0.0494. The molecule has 130 valence electrons. The maximum Gasteiger partial charge on any atom is 0.260 e. The van der Waals surface area contributed by atoms with Gasteiger partial charge in [0, 0.05) is 10.4 Å². The molecule has 3 nitrogen and oxygen atoms in total. The highest BCUT2D eigenvalue weighted by atomic mass is 35.5. The number of H-pyrrole nitrogens is 1. The van der Waals surface area contributed by atoms with Crippen molar-refractivity contribution in [3.05, 3.63) is 50.1 Å². The van der Waals surface area contributed by atoms with E-state index < -0.39 is 0 Å². The summed E-state index contributed by atoms with van der Waals surface area (Å²) in [6.45, 7) is 6.91. The zero-order valence-electron chi connectivity index (χ0n) is 14.6. The van der Waals surface area contributed by atoms with Gasteiger partial charge in [-0.05, 0) is 48.3 Å². The maximum atomic E-state index is 12.8. The van der Waals surface area contributed by atoms with E-state index in [9.17, 15) is 4.79 Å². The van der Waals surface area contributed by atoms with Crippen molar-refractivity contribution in [3.63, 3.8) is 0 Å². The van der Waals surface area contributed by atoms with Crippen LogP contribution in [-0.4, -0.2) is 9.97 Å². The summed E-state index contributed by atoms with van der Waals surface area (Å²) in [6, 6.07) is 7.47. The Kier molecular flexibility index (Phi) is 4.00. The second-order valence-corrected chi connectivity index (χ2v) is 9.37. The number of aryl methyl sites for hydroxylation is 1. The second kappa shape index (κ2) is 5.96. The topological polar surface area (TPSA) is 45.8 Å². The van der Waals surface area contributed by atoms with Gasteiger partial charge in [-0.15, -0.1) is 11.3 Å². The summed E-state index contributed by atoms with van der Waals surface area (Å²) in [4.78, 5) is 22.6. The Morgan fingerprint density at radius 1 is 1.28 bits per heavy atom. The molecule has 2 heterocycles. The van der Waals surface area contributed by atoms with Crippen LogP contribution >= 0.6 is 22.9 Å². The van der Waals surface area contributed by atoms with Crippen LogP contribution < -0.4 is 5.56 Å². The first-order chi connectivity index (χ1) is 11.8. The highest BCUT2D eigenvalue weighted by Crippen LogP contribution is 2.42. The van der Waals surface area contributed by atoms with E-state index in [4.69, 9.17) is 16.6 Å². The fourth-order valence-corrected chi connectivity index (χ4v) is 5.23. The summed E-state index contributed by atoms with van der Waals surface area (Å²) in [5.74, 6) is 1.20. The van der Waals surface area contributed by atoms with E-state index in [-0.39, 0.29) is 11.0 Å². The number of fused-ring (bicyclic) bond motifs is 3. The lowest BCUT2D eigenvalue weighted by atomic mass is 9.72. The van der Waals surface area contributed by atoms with E-state index in [1.54, 1.807) is 11.3 Å². The van der Waals surface area contributed by atoms with Crippen molar-refractivity contribution < 1.29 is 0 Å². The fourth-order valence-electron chi connectivity index (χ4n) is 3.70. The SMILES string of the molecule is CC(C)(C)C1CCc2c(sc3nc(-c4ccccc4Cl)[nH]c(=O)c23)C1. The molecule has 4 rings (SSSR count). The van der Waals surface area contributed by atoms with Gasteiger partial charge in [-0.3, -0.25) is 4.79 Å². The molecule has 1 aliphatic carbocycles. The normalized spacial score (nSPS) is 17.7. The number of aromatic amines is 1. The Morgan fingerprint density at radius 2 is 2.04 bits per heavy atom. The number of thiophene rings is 1. The average Bonchev–Trinajstić information content (AvgIpc) is 2.92. The first-order valence-corrected chi connectivity index (χ1v) is 9.83. The number of rotatable bonds is 1. The number of hydrogen-bond donors (Lipinski definition) is 1. The molecule has 1 N–H and O–H groups in total. The van der Waals surface area contributed by atoms with Crippen LogP contribution in [-0.2, 0) is 12.8 Å². The van der Waals surface area contributed by atoms with E-state index in [0.717, 1.165) is 35.0 Å². The Bertz CT molecular complexity index is 1010. The van der Waals surface area contributed by atoms with Crippen molar-refractivity contribution in [2.45, 2.75) is 40.0 Å². The first-order valence-electron chi connectivity index (χ1n) is 8.64. The number of hydrogen-bond acceptors (Lipinski definition) is 3. The van der Waals surface area contributed by atoms with Crippen LogP contribution in [0.2, 0.25) is 5.02 Å². The van der Waals surface area contributed by atoms with E-state index in [1.807, 2.05) is 24.3 Å². The van der Waals surface area contributed by atoms with Gasteiger partial charge in [0.05, 0.1) is 10.4 Å². The van der Waals surface area contributed by atoms with Gasteiger partial charge in [0.25, 0.3) is 5.56 Å². The number of benzene rings is 1. The van der Waals surface area contributed by atoms with Crippen LogP contribution in [0.3, 0.4) is 0 Å². The van der Waals surface area contributed by atoms with Crippen molar-refractivity contribution in [1.29, 1.82) is 0 Å². The average molecular weight is 373 g/mol. The van der Waals surface area contributed by atoms with Gasteiger partial charge >= 0.3 is 0 Å². The number of aromatic nitrogens is 2. The van der Waals surface area contributed by atoms with Gasteiger partial charge in [0.2, 0.25) is 0 Å². The molecule has 2 aromatic heterocycles. The molecule has 0 bridgehead atoms. The number of nitrogens with zero attached hydrogens (tertiary/aromatic N) is 1. The Morgan fingerprint density at radius 3 is 2.76 bits per heavy atom. The monoisotopic (exact) mass is 372 g/mol. The first kappa shape index (κ1) is 16.8. The second-order valence-electron chi connectivity index (χ2n) is 7.88. The lowest BCUT2D eigenvalue weighted by Gasteiger charge is -2.33. The number of halogens is 1. The summed E-state index contributed by atoms with van der Waals surface area (Å²) in [6.07, 6.45) is 3.14. The van der Waals surface area contributed by atoms with Gasteiger partial charge in [-0.2, -0.15) is 0 Å². The summed E-state index contributed by atoms with van der Waals surface area (Å²) in [5.41, 5.74) is 2.21. The van der Waals surface area contributed by atoms with E-state index in [0.29, 0.717) is 16.8 Å². The van der Waals surface area contributed by atoms with Crippen LogP contribution in [0.1, 0.15) is 37.6 Å². The van der Waals surface area contributed by atoms with Crippen molar-refractivity contribution in [1.82, 2.24) is 9.97 Å². The highest BCUT2D eigenvalue weighted by Gasteiger charge is 2.31. The molecule has 1 unspecified atom stereocenters. The Labute approximate surface area is 156 Å². The molecule has 0 saturated heterocycles. The van der Waals surface area contributed by atoms with Gasteiger partial charge in [0.15, 0.2) is 0 Å². The minimum Gasteiger partial charge on any atom is -0.306 e. The molecule has 0 radical (unpaired) electrons. The predicted octanol–water partition coefficient (Wildman–Crippen LogP) is 5.46. The summed E-state index contributed by atoms with van der Waals surface area (Å²) < 4.78 is 0. The smallest absolute Gasteiger partial charge is 0.260 e. The van der Waals surface area contributed by atoms with E-state index in [1.165, 1.54) is 10.4 Å². The lowest BCUT2D eigenvalue weighted by Crippen LogP contribution is -2.26. The molecule has 0 aliphatic heterocycles. The summed E-state index contributed by atoms with van der Waals surface area (Å²) in [5, 5.41) is 1.38. The molecular formula is C20H21ClN2OS. The molecular weight excluding hydrogens is 352 g/mol. The minimum atomic E-state index is -0.0494. The molecule has 0 amide bonds. The molecule has 1 atom stereocenters. The van der Waals surface area contributed by atoms with Crippen LogP contribution in [0.15, 0.2) is 29.1 Å². The molecule has 1 aromatic carbocycles. The number of nitrogens with one attached hydrogen (secondary N) is 1. The van der Waals surface area contributed by atoms with Gasteiger partial charge in [0.1, 0.15) is 10.7 Å². The third kappa shape index (κ3) is 2.91. The van der Waals surface area contributed by atoms with Crippen molar-refractivity contribution in [2.75, 3.05) is 0 Å². The lowest BCUT2D eigenvalue weighted by molar-refractivity contribution is 0.218. The molecule has 25 heavy (non-hydrogen) atoms. The van der Waals surface area contributed by atoms with Gasteiger partial charge < -0.3 is 4.98 Å². The fraction of sp³-hybridized carbons (Fsp3) is 0.400. The zero-order valence-corrected chi connectivity index (χ0v) is 16.2. The molecule has 0 spiro atoms. The zero-order chi connectivity index (χ0) is 17.8. The maximum absolute atomic E-state index is 12.8. The third-order valence-electron chi connectivity index (χ3n) is 5.27. The van der Waals surface area contributed by atoms with Crippen LogP contribution in [0.25, 0.3) is 21.6 Å². The molecule has 5 heteroatoms. The van der Waals surface area contributed by atoms with Crippen LogP contribution in [0, 0.1) is 11.3 Å². The highest BCUT2D eigenvalue weighted by molar-refractivity contribution is 7.18. The van der Waals surface area contributed by atoms with Crippen molar-refractivity contribution >= 4 is 33.2 Å². The largest absolute Gasteiger partial charge is 0.306 e. The molecule has 0 saturated carbocycles. The quantitative estimate of drug-likeness (QED) is 0.616. The van der Waals surface area contributed by atoms with Crippen LogP contribution in [0.4, 0.5) is 0 Å². The van der Waals surface area contributed by atoms with E-state index in [2.05, 4.69) is 25.8 Å². The Balaban J connectivity index is 1.85.